The maximum atomic E-state index is 10.0. The topological polar surface area (TPSA) is 29.1 Å². The third-order valence-electron chi connectivity index (χ3n) is 1.83. The molecule has 0 aliphatic rings. The van der Waals surface area contributed by atoms with Crippen molar-refractivity contribution in [3.63, 3.8) is 0 Å². The van der Waals surface area contributed by atoms with Crippen LogP contribution in [0.25, 0.3) is 0 Å². The molecule has 0 atom stereocenters. The van der Waals surface area contributed by atoms with E-state index < -0.39 is 0 Å². The van der Waals surface area contributed by atoms with Crippen molar-refractivity contribution in [1.82, 2.24) is 0 Å². The van der Waals surface area contributed by atoms with E-state index in [-0.39, 0.29) is 6.61 Å². The molecule has 0 aromatic heterocycles. The minimum absolute atomic E-state index is 0.00413. The van der Waals surface area contributed by atoms with Crippen LogP contribution in [0.1, 0.15) is 45.4 Å². The normalized spacial score (nSPS) is 10.5. The van der Waals surface area contributed by atoms with Crippen molar-refractivity contribution in [2.45, 2.75) is 45.4 Å². The van der Waals surface area contributed by atoms with E-state index in [1.165, 1.54) is 25.7 Å². The Morgan fingerprint density at radius 2 is 1.58 bits per heavy atom. The van der Waals surface area contributed by atoms with E-state index >= 15 is 0 Å². The highest BCUT2D eigenvalue weighted by atomic mass is 16.5. The summed E-state index contributed by atoms with van der Waals surface area (Å²) in [5, 5.41) is 10.0. The summed E-state index contributed by atoms with van der Waals surface area (Å²) in [6, 6.07) is 0. The standard InChI is InChI=1S/C10H21O2/c1-2-3-4-5-6-9-12-10-7-8-11/h2-10H2,1H3. The Kier molecular flexibility index (Phi) is 10.8. The van der Waals surface area contributed by atoms with Gasteiger partial charge in [0, 0.05) is 13.2 Å². The quantitative estimate of drug-likeness (QED) is 0.493. The van der Waals surface area contributed by atoms with Crippen molar-refractivity contribution in [2.75, 3.05) is 19.8 Å². The molecule has 0 aromatic carbocycles. The molecule has 12 heavy (non-hydrogen) atoms. The summed E-state index contributed by atoms with van der Waals surface area (Å²) in [7, 11) is 0. The Morgan fingerprint density at radius 3 is 2.25 bits per heavy atom. The van der Waals surface area contributed by atoms with Gasteiger partial charge in [-0.3, -0.25) is 0 Å². The monoisotopic (exact) mass is 173 g/mol. The molecule has 73 valence electrons. The Hall–Kier alpha value is -0.0800. The molecule has 0 rings (SSSR count). The number of hydrogen-bond acceptors (Lipinski definition) is 1. The van der Waals surface area contributed by atoms with E-state index in [2.05, 4.69) is 6.92 Å². The fourth-order valence-electron chi connectivity index (χ4n) is 1.07. The average molecular weight is 173 g/mol. The molecular formula is C10H21O2. The first-order valence-electron chi connectivity index (χ1n) is 5.07. The molecule has 1 radical (unpaired) electrons. The van der Waals surface area contributed by atoms with Gasteiger partial charge in [0.05, 0.1) is 6.61 Å². The lowest BCUT2D eigenvalue weighted by atomic mass is 10.2. The van der Waals surface area contributed by atoms with Gasteiger partial charge in [0.1, 0.15) is 0 Å². The lowest BCUT2D eigenvalue weighted by Gasteiger charge is -2.01. The number of hydrogen-bond donors (Lipinski definition) is 0. The maximum Gasteiger partial charge on any atom is 0.0844 e. The first-order chi connectivity index (χ1) is 5.91. The van der Waals surface area contributed by atoms with Crippen molar-refractivity contribution < 1.29 is 9.84 Å². The first kappa shape index (κ1) is 11.9. The van der Waals surface area contributed by atoms with Crippen LogP contribution in [0.3, 0.4) is 0 Å². The third-order valence-corrected chi connectivity index (χ3v) is 1.83. The second-order valence-corrected chi connectivity index (χ2v) is 3.08. The smallest absolute Gasteiger partial charge is 0.0844 e. The van der Waals surface area contributed by atoms with E-state index in [1.807, 2.05) is 0 Å². The molecule has 0 spiro atoms. The van der Waals surface area contributed by atoms with Crippen molar-refractivity contribution in [3.8, 4) is 0 Å². The Morgan fingerprint density at radius 1 is 0.917 bits per heavy atom. The third kappa shape index (κ3) is 9.92. The van der Waals surface area contributed by atoms with Gasteiger partial charge in [-0.15, -0.1) is 0 Å². The van der Waals surface area contributed by atoms with Crippen LogP contribution in [0, 0.1) is 0 Å². The SMILES string of the molecule is CCCCCCCOCCC[O]. The number of unbranched alkanes of at least 4 members (excludes halogenated alkanes) is 4. The molecule has 0 heterocycles. The highest BCUT2D eigenvalue weighted by molar-refractivity contribution is 4.41. The van der Waals surface area contributed by atoms with Crippen molar-refractivity contribution in [3.05, 3.63) is 0 Å². The van der Waals surface area contributed by atoms with Crippen LogP contribution in [-0.4, -0.2) is 19.8 Å². The van der Waals surface area contributed by atoms with Crippen molar-refractivity contribution in [1.29, 1.82) is 0 Å². The zero-order chi connectivity index (χ0) is 9.07. The first-order valence-corrected chi connectivity index (χ1v) is 5.07. The summed E-state index contributed by atoms with van der Waals surface area (Å²) in [5.41, 5.74) is 0. The molecular weight excluding hydrogens is 152 g/mol. The van der Waals surface area contributed by atoms with Gasteiger partial charge in [-0.25, -0.2) is 5.11 Å². The molecule has 0 saturated carbocycles. The molecule has 0 unspecified atom stereocenters. The summed E-state index contributed by atoms with van der Waals surface area (Å²) in [4.78, 5) is 0. The van der Waals surface area contributed by atoms with Crippen LogP contribution in [0.5, 0.6) is 0 Å². The summed E-state index contributed by atoms with van der Waals surface area (Å²) < 4.78 is 5.25. The highest BCUT2D eigenvalue weighted by Gasteiger charge is 1.90. The Bertz CT molecular complexity index is 64.2. The molecule has 2 nitrogen and oxygen atoms in total. The maximum absolute atomic E-state index is 10.0. The lowest BCUT2D eigenvalue weighted by molar-refractivity contribution is 0.0964. The van der Waals surface area contributed by atoms with Crippen LogP contribution in [0.4, 0.5) is 0 Å². The van der Waals surface area contributed by atoms with E-state index in [0.29, 0.717) is 13.0 Å². The molecule has 0 fully saturated rings. The van der Waals surface area contributed by atoms with E-state index in [9.17, 15) is 5.11 Å². The predicted molar refractivity (Wildman–Crippen MR) is 49.7 cm³/mol. The van der Waals surface area contributed by atoms with Crippen LogP contribution in [-0.2, 0) is 9.84 Å². The lowest BCUT2D eigenvalue weighted by Crippen LogP contribution is -1.98. The van der Waals surface area contributed by atoms with Crippen molar-refractivity contribution >= 4 is 0 Å². The average Bonchev–Trinajstić information content (AvgIpc) is 2.10. The molecule has 0 bridgehead atoms. The van der Waals surface area contributed by atoms with Crippen LogP contribution in [0.2, 0.25) is 0 Å². The van der Waals surface area contributed by atoms with E-state index in [0.717, 1.165) is 13.0 Å². The van der Waals surface area contributed by atoms with Gasteiger partial charge in [-0.05, 0) is 12.8 Å². The summed E-state index contributed by atoms with van der Waals surface area (Å²) in [5.74, 6) is 0. The van der Waals surface area contributed by atoms with Gasteiger partial charge in [0.2, 0.25) is 0 Å². The second-order valence-electron chi connectivity index (χ2n) is 3.08. The van der Waals surface area contributed by atoms with Crippen LogP contribution in [0.15, 0.2) is 0 Å². The van der Waals surface area contributed by atoms with Crippen LogP contribution < -0.4 is 0 Å². The number of rotatable bonds is 9. The fourth-order valence-corrected chi connectivity index (χ4v) is 1.07. The largest absolute Gasteiger partial charge is 0.381 e. The fraction of sp³-hybridized carbons (Fsp3) is 1.00. The van der Waals surface area contributed by atoms with Crippen LogP contribution >= 0.6 is 0 Å². The van der Waals surface area contributed by atoms with E-state index in [4.69, 9.17) is 4.74 Å². The molecule has 0 aliphatic heterocycles. The zero-order valence-corrected chi connectivity index (χ0v) is 8.18. The van der Waals surface area contributed by atoms with Gasteiger partial charge >= 0.3 is 0 Å². The van der Waals surface area contributed by atoms with Gasteiger partial charge in [0.25, 0.3) is 0 Å². The minimum atomic E-state index is -0.00413. The Balaban J connectivity index is 2.73. The molecule has 0 aromatic rings. The number of ether oxygens (including phenoxy) is 1. The van der Waals surface area contributed by atoms with Gasteiger partial charge in [-0.2, -0.15) is 0 Å². The zero-order valence-electron chi connectivity index (χ0n) is 8.18. The summed E-state index contributed by atoms with van der Waals surface area (Å²) in [6.07, 6.45) is 7.03. The molecule has 0 N–H and O–H groups in total. The molecule has 2 heteroatoms. The molecule has 0 amide bonds. The van der Waals surface area contributed by atoms with Gasteiger partial charge < -0.3 is 4.74 Å². The predicted octanol–water partition coefficient (Wildman–Crippen LogP) is 2.79. The van der Waals surface area contributed by atoms with Crippen molar-refractivity contribution in [2.24, 2.45) is 0 Å². The minimum Gasteiger partial charge on any atom is -0.381 e. The van der Waals surface area contributed by atoms with Gasteiger partial charge in [-0.1, -0.05) is 32.6 Å². The molecule has 0 aliphatic carbocycles. The summed E-state index contributed by atoms with van der Waals surface area (Å²) in [6.45, 7) is 3.70. The van der Waals surface area contributed by atoms with Gasteiger partial charge in [0.15, 0.2) is 0 Å². The highest BCUT2D eigenvalue weighted by Crippen LogP contribution is 2.02. The van der Waals surface area contributed by atoms with E-state index in [1.54, 1.807) is 0 Å². The Labute approximate surface area is 75.9 Å². The summed E-state index contributed by atoms with van der Waals surface area (Å²) >= 11 is 0. The molecule has 0 saturated heterocycles. The second kappa shape index (κ2) is 10.9.